The van der Waals surface area contributed by atoms with Gasteiger partial charge >= 0.3 is 8.80 Å². The molecule has 1 atom stereocenters. The van der Waals surface area contributed by atoms with Gasteiger partial charge in [-0.05, 0) is 63.6 Å². The lowest BCUT2D eigenvalue weighted by Gasteiger charge is -2.31. The number of nitrogens with one attached hydrogen (secondary N) is 1. The van der Waals surface area contributed by atoms with Crippen molar-refractivity contribution < 1.29 is 22.8 Å². The van der Waals surface area contributed by atoms with Crippen LogP contribution in [0.15, 0.2) is 64.8 Å². The average molecular weight is 474 g/mol. The van der Waals surface area contributed by atoms with Crippen molar-refractivity contribution >= 4 is 26.1 Å². The molecule has 33 heavy (non-hydrogen) atoms. The quantitative estimate of drug-likeness (QED) is 0.153. The van der Waals surface area contributed by atoms with Gasteiger partial charge in [0.05, 0.1) is 11.4 Å². The van der Waals surface area contributed by atoms with Crippen molar-refractivity contribution in [2.75, 3.05) is 19.8 Å². The lowest BCUT2D eigenvalue weighted by molar-refractivity contribution is -0.120. The fraction of sp³-hybridized carbons (Fsp3) is 0.458. The maximum atomic E-state index is 11.5. The number of rotatable bonds is 15. The molecule has 9 heteroatoms. The summed E-state index contributed by atoms with van der Waals surface area (Å²) in [5, 5.41) is 11.3. The molecule has 0 aromatic heterocycles. The van der Waals surface area contributed by atoms with Gasteiger partial charge in [-0.25, -0.2) is 0 Å². The highest BCUT2D eigenvalue weighted by molar-refractivity contribution is 6.60. The first-order valence-corrected chi connectivity index (χ1v) is 13.4. The van der Waals surface area contributed by atoms with Gasteiger partial charge in [-0.3, -0.25) is 4.79 Å². The number of amides is 1. The van der Waals surface area contributed by atoms with Gasteiger partial charge in [0.25, 0.3) is 0 Å². The van der Waals surface area contributed by atoms with Crippen LogP contribution in [0.5, 0.6) is 5.75 Å². The second-order valence-corrected chi connectivity index (χ2v) is 9.87. The lowest BCUT2D eigenvalue weighted by Crippen LogP contribution is -2.49. The summed E-state index contributed by atoms with van der Waals surface area (Å²) in [6.45, 7) is 8.98. The summed E-state index contributed by atoms with van der Waals surface area (Å²) in [5.74, 6) is 0.673. The van der Waals surface area contributed by atoms with Gasteiger partial charge in [-0.15, -0.1) is 0 Å². The molecule has 0 radical (unpaired) electrons. The van der Waals surface area contributed by atoms with Crippen LogP contribution in [-0.2, 0) is 18.1 Å². The van der Waals surface area contributed by atoms with Crippen LogP contribution < -0.4 is 10.1 Å². The predicted molar refractivity (Wildman–Crippen MR) is 130 cm³/mol. The molecular formula is C24H35N3O5Si. The van der Waals surface area contributed by atoms with E-state index in [0.717, 1.165) is 11.4 Å². The van der Waals surface area contributed by atoms with Gasteiger partial charge in [0.15, 0.2) is 6.29 Å². The third-order valence-corrected chi connectivity index (χ3v) is 7.67. The van der Waals surface area contributed by atoms with E-state index in [9.17, 15) is 4.79 Å². The van der Waals surface area contributed by atoms with Crippen LogP contribution in [0.25, 0.3) is 0 Å². The molecule has 2 rings (SSSR count). The van der Waals surface area contributed by atoms with Crippen molar-refractivity contribution in [3.63, 3.8) is 0 Å². The van der Waals surface area contributed by atoms with Crippen LogP contribution in [0.3, 0.4) is 0 Å². The van der Waals surface area contributed by atoms with E-state index >= 15 is 0 Å². The Morgan fingerprint density at radius 1 is 0.939 bits per heavy atom. The first kappa shape index (κ1) is 26.7. The normalized spacial score (nSPS) is 12.6. The minimum absolute atomic E-state index is 0.0273. The Hall–Kier alpha value is -2.59. The third-order valence-electron chi connectivity index (χ3n) is 4.55. The third kappa shape index (κ3) is 9.83. The van der Waals surface area contributed by atoms with Gasteiger partial charge in [-0.1, -0.05) is 25.1 Å². The molecule has 0 bridgehead atoms. The minimum atomic E-state index is -2.97. The monoisotopic (exact) mass is 473 g/mol. The van der Waals surface area contributed by atoms with Crippen molar-refractivity contribution in [2.24, 2.45) is 10.2 Å². The number of azo groups is 1. The number of carbonyl (C=O) groups is 1. The number of ether oxygens (including phenoxy) is 1. The number of hydrogen-bond acceptors (Lipinski definition) is 7. The van der Waals surface area contributed by atoms with E-state index in [0.29, 0.717) is 44.4 Å². The van der Waals surface area contributed by atoms with E-state index in [1.165, 1.54) is 0 Å². The van der Waals surface area contributed by atoms with Crippen molar-refractivity contribution in [1.82, 2.24) is 5.32 Å². The molecule has 0 fully saturated rings. The van der Waals surface area contributed by atoms with Crippen molar-refractivity contribution in [2.45, 2.75) is 52.9 Å². The zero-order valence-corrected chi connectivity index (χ0v) is 21.0. The van der Waals surface area contributed by atoms with E-state index in [1.54, 1.807) is 0 Å². The summed E-state index contributed by atoms with van der Waals surface area (Å²) >= 11 is 0. The molecule has 1 unspecified atom stereocenters. The summed E-state index contributed by atoms with van der Waals surface area (Å²) in [6.07, 6.45) is 0.593. The van der Waals surface area contributed by atoms with Gasteiger partial charge in [-0.2, -0.15) is 10.2 Å². The maximum Gasteiger partial charge on any atom is 0.503 e. The molecule has 0 spiro atoms. The highest BCUT2D eigenvalue weighted by Gasteiger charge is 2.42. The molecule has 0 saturated carbocycles. The molecule has 8 nitrogen and oxygen atoms in total. The second kappa shape index (κ2) is 14.5. The van der Waals surface area contributed by atoms with Crippen LogP contribution in [0, 0.1) is 0 Å². The molecule has 0 saturated heterocycles. The Balaban J connectivity index is 1.95. The topological polar surface area (TPSA) is 90.7 Å². The molecule has 0 aliphatic rings. The maximum absolute atomic E-state index is 11.5. The summed E-state index contributed by atoms with van der Waals surface area (Å²) in [5.41, 5.74) is 1.52. The van der Waals surface area contributed by atoms with Crippen LogP contribution in [0.2, 0.25) is 6.04 Å². The summed E-state index contributed by atoms with van der Waals surface area (Å²) in [6, 6.07) is 17.5. The Bertz CT molecular complexity index is 843. The number of benzene rings is 2. The molecule has 0 aliphatic heterocycles. The predicted octanol–water partition coefficient (Wildman–Crippen LogP) is 5.77. The first-order chi connectivity index (χ1) is 16.0. The van der Waals surface area contributed by atoms with Crippen LogP contribution in [0.1, 0.15) is 40.5 Å². The molecule has 180 valence electrons. The van der Waals surface area contributed by atoms with Crippen molar-refractivity contribution in [3.8, 4) is 5.75 Å². The molecule has 1 amide bonds. The second-order valence-electron chi connectivity index (χ2n) is 7.19. The summed E-state index contributed by atoms with van der Waals surface area (Å²) in [4.78, 5) is 11.5. The lowest BCUT2D eigenvalue weighted by atomic mass is 10.3. The molecule has 1 N–H and O–H groups in total. The fourth-order valence-corrected chi connectivity index (χ4v) is 5.75. The van der Waals surface area contributed by atoms with Crippen LogP contribution >= 0.6 is 0 Å². The molecule has 2 aromatic carbocycles. The standard InChI is InChI=1S/C24H35N3O5Si/c1-5-24(28)25-18-11-19-33(29-6-2,30-7-3)32-20(4)31-23-16-14-22(15-17-23)27-26-21-12-9-8-10-13-21/h8-10,12-17,20H,5-7,11,18-19H2,1-4H3,(H,25,28). The zero-order valence-electron chi connectivity index (χ0n) is 20.0. The zero-order chi connectivity index (χ0) is 23.9. The molecule has 0 aliphatic carbocycles. The van der Waals surface area contributed by atoms with Crippen LogP contribution in [-0.4, -0.2) is 40.8 Å². The Labute approximate surface area is 197 Å². The number of carbonyl (C=O) groups excluding carboxylic acids is 1. The first-order valence-electron chi connectivity index (χ1n) is 11.5. The summed E-state index contributed by atoms with van der Waals surface area (Å²) < 4.78 is 24.1. The van der Waals surface area contributed by atoms with Crippen molar-refractivity contribution in [1.29, 1.82) is 0 Å². The molecular weight excluding hydrogens is 438 g/mol. The Morgan fingerprint density at radius 2 is 1.55 bits per heavy atom. The molecule has 2 aromatic rings. The SMILES string of the molecule is CCO[Si](CCCNC(=O)CC)(OCC)OC(C)Oc1ccc(N=Nc2ccccc2)cc1. The van der Waals surface area contributed by atoms with Gasteiger partial charge < -0.3 is 23.3 Å². The fourth-order valence-electron chi connectivity index (χ4n) is 3.08. The van der Waals surface area contributed by atoms with Gasteiger partial charge in [0, 0.05) is 32.2 Å². The largest absolute Gasteiger partial charge is 0.503 e. The highest BCUT2D eigenvalue weighted by Crippen LogP contribution is 2.24. The van der Waals surface area contributed by atoms with Crippen LogP contribution in [0.4, 0.5) is 11.4 Å². The minimum Gasteiger partial charge on any atom is -0.466 e. The average Bonchev–Trinajstić information content (AvgIpc) is 2.82. The van der Waals surface area contributed by atoms with E-state index < -0.39 is 15.1 Å². The van der Waals surface area contributed by atoms with E-state index in [2.05, 4.69) is 15.5 Å². The van der Waals surface area contributed by atoms with E-state index in [-0.39, 0.29) is 5.91 Å². The van der Waals surface area contributed by atoms with Gasteiger partial charge in [0.1, 0.15) is 5.75 Å². The Kier molecular flexibility index (Phi) is 11.7. The number of hydrogen-bond donors (Lipinski definition) is 1. The van der Waals surface area contributed by atoms with E-state index in [4.69, 9.17) is 18.0 Å². The van der Waals surface area contributed by atoms with Gasteiger partial charge in [0.2, 0.25) is 5.91 Å². The smallest absolute Gasteiger partial charge is 0.466 e. The van der Waals surface area contributed by atoms with E-state index in [1.807, 2.05) is 82.3 Å². The van der Waals surface area contributed by atoms with Crippen molar-refractivity contribution in [3.05, 3.63) is 54.6 Å². The Morgan fingerprint density at radius 3 is 2.12 bits per heavy atom. The molecule has 0 heterocycles. The summed E-state index contributed by atoms with van der Waals surface area (Å²) in [7, 11) is -2.97. The highest BCUT2D eigenvalue weighted by atomic mass is 28.4. The number of nitrogens with zero attached hydrogens (tertiary/aromatic N) is 2.